The number of benzene rings is 2. The average Bonchev–Trinajstić information content (AvgIpc) is 2.87. The first-order chi connectivity index (χ1) is 17.8. The maximum atomic E-state index is 10.8. The van der Waals surface area contributed by atoms with Gasteiger partial charge in [0.25, 0.3) is 0 Å². The molecular formula is C33H35IrN3O-2. The number of carbonyl (C=O) groups excluding carboxylic acids is 1. The van der Waals surface area contributed by atoms with Gasteiger partial charge in [-0.2, -0.15) is 5.70 Å². The summed E-state index contributed by atoms with van der Waals surface area (Å²) in [6.45, 7) is 10.2. The molecule has 2 aromatic heterocycles. The summed E-state index contributed by atoms with van der Waals surface area (Å²) in [7, 11) is 0. The maximum absolute atomic E-state index is 10.8. The van der Waals surface area contributed by atoms with Crippen LogP contribution in [0.25, 0.3) is 38.2 Å². The molecule has 0 spiro atoms. The number of nitrogens with zero attached hydrogens (tertiary/aromatic N) is 3. The Labute approximate surface area is 239 Å². The summed E-state index contributed by atoms with van der Waals surface area (Å²) in [5.74, 6) is 0.0945. The molecule has 2 aliphatic carbocycles. The van der Waals surface area contributed by atoms with Crippen LogP contribution >= 0.6 is 0 Å². The Kier molecular flexibility index (Phi) is 8.49. The van der Waals surface area contributed by atoms with Crippen LogP contribution in [0, 0.1) is 13.0 Å². The molecule has 1 fully saturated rings. The van der Waals surface area contributed by atoms with Gasteiger partial charge in [-0.3, -0.25) is 9.78 Å². The van der Waals surface area contributed by atoms with Crippen LogP contribution in [0.3, 0.4) is 0 Å². The van der Waals surface area contributed by atoms with Crippen LogP contribution in [0.15, 0.2) is 60.6 Å². The molecule has 0 atom stereocenters. The number of ketones is 1. The monoisotopic (exact) mass is 682 g/mol. The molecule has 2 aliphatic rings. The Morgan fingerprint density at radius 1 is 1.08 bits per heavy atom. The van der Waals surface area contributed by atoms with E-state index in [2.05, 4.69) is 67.5 Å². The SMILES string of the molecule is CC(=O)/C=C(/C)[N-]C1CCCCC1.Cc1cnc2cnc3c(c2c1)C(C)(C)c1cccc2cc[c-]c-3c12.[Ir]. The number of aryl methyl sites for hydroxylation is 1. The summed E-state index contributed by atoms with van der Waals surface area (Å²) in [4.78, 5) is 20.1. The van der Waals surface area contributed by atoms with Gasteiger partial charge in [0, 0.05) is 37.9 Å². The number of aromatic nitrogens is 2. The van der Waals surface area contributed by atoms with Crippen LogP contribution in [-0.4, -0.2) is 21.8 Å². The molecule has 6 rings (SSSR count). The topological polar surface area (TPSA) is 57.0 Å². The summed E-state index contributed by atoms with van der Waals surface area (Å²) in [6, 6.07) is 16.9. The predicted octanol–water partition coefficient (Wildman–Crippen LogP) is 8.38. The molecule has 5 heteroatoms. The number of pyridine rings is 2. The molecule has 199 valence electrons. The van der Waals surface area contributed by atoms with E-state index in [9.17, 15) is 4.79 Å². The maximum Gasteiger partial charge on any atom is 0.151 e. The third kappa shape index (κ3) is 5.46. The van der Waals surface area contributed by atoms with Crippen LogP contribution in [0.1, 0.15) is 76.5 Å². The van der Waals surface area contributed by atoms with Gasteiger partial charge in [-0.25, -0.2) is 0 Å². The third-order valence-electron chi connectivity index (χ3n) is 7.62. The zero-order valence-electron chi connectivity index (χ0n) is 22.9. The van der Waals surface area contributed by atoms with E-state index in [1.54, 1.807) is 13.0 Å². The number of fused-ring (bicyclic) bond motifs is 4. The second-order valence-electron chi connectivity index (χ2n) is 11.0. The second kappa shape index (κ2) is 11.5. The van der Waals surface area contributed by atoms with Crippen molar-refractivity contribution in [1.82, 2.24) is 9.97 Å². The normalized spacial score (nSPS) is 16.2. The van der Waals surface area contributed by atoms with E-state index in [0.29, 0.717) is 6.04 Å². The predicted molar refractivity (Wildman–Crippen MR) is 153 cm³/mol. The van der Waals surface area contributed by atoms with Gasteiger partial charge in [-0.05, 0) is 48.2 Å². The van der Waals surface area contributed by atoms with Crippen molar-refractivity contribution in [1.29, 1.82) is 0 Å². The van der Waals surface area contributed by atoms with Gasteiger partial charge in [0.1, 0.15) is 0 Å². The van der Waals surface area contributed by atoms with E-state index in [0.717, 1.165) is 22.5 Å². The fourth-order valence-corrected chi connectivity index (χ4v) is 5.97. The fourth-order valence-electron chi connectivity index (χ4n) is 5.97. The summed E-state index contributed by atoms with van der Waals surface area (Å²) >= 11 is 0. The summed E-state index contributed by atoms with van der Waals surface area (Å²) in [5, 5.41) is 8.25. The minimum Gasteiger partial charge on any atom is -0.685 e. The standard InChI is InChI=1S/C22H17N2.C11H19NO.Ir/c1-13-10-16-18(23-11-13)12-24-21-15-8-4-6-14-7-5-9-17(19(14)15)22(2,3)20(16)21;1-9(8-10(2)13)12-11-6-4-3-5-7-11;/h4-7,9-12H,1-3H3;8,11H,3-7H2,1-2H3,(H,12,13);/q-1;;/p-1. The zero-order chi connectivity index (χ0) is 26.2. The Balaban J connectivity index is 0.000000207. The van der Waals surface area contributed by atoms with Gasteiger partial charge in [0.2, 0.25) is 0 Å². The summed E-state index contributed by atoms with van der Waals surface area (Å²) < 4.78 is 0. The van der Waals surface area contributed by atoms with Gasteiger partial charge in [-0.15, -0.1) is 35.2 Å². The first-order valence-corrected chi connectivity index (χ1v) is 13.4. The molecule has 0 bridgehead atoms. The first kappa shape index (κ1) is 28.1. The Morgan fingerprint density at radius 3 is 2.58 bits per heavy atom. The Hall–Kier alpha value is -2.88. The molecule has 4 nitrogen and oxygen atoms in total. The van der Waals surface area contributed by atoms with Crippen molar-refractivity contribution in [3.05, 3.63) is 88.6 Å². The van der Waals surface area contributed by atoms with E-state index >= 15 is 0 Å². The molecule has 0 amide bonds. The molecular weight excluding hydrogens is 647 g/mol. The van der Waals surface area contributed by atoms with Crippen molar-refractivity contribution in [2.45, 2.75) is 78.2 Å². The van der Waals surface area contributed by atoms with Gasteiger partial charge in [0.15, 0.2) is 5.78 Å². The molecule has 38 heavy (non-hydrogen) atoms. The van der Waals surface area contributed by atoms with Gasteiger partial charge in [-0.1, -0.05) is 82.0 Å². The van der Waals surface area contributed by atoms with Crippen molar-refractivity contribution in [3.63, 3.8) is 0 Å². The number of allylic oxidation sites excluding steroid dienone is 2. The van der Waals surface area contributed by atoms with Crippen LogP contribution in [0.4, 0.5) is 0 Å². The minimum absolute atomic E-state index is 0. The first-order valence-electron chi connectivity index (χ1n) is 13.4. The molecule has 1 radical (unpaired) electrons. The van der Waals surface area contributed by atoms with Crippen LogP contribution in [0.2, 0.25) is 0 Å². The van der Waals surface area contributed by atoms with E-state index in [1.165, 1.54) is 65.0 Å². The van der Waals surface area contributed by atoms with Crippen LogP contribution < -0.4 is 0 Å². The quantitative estimate of drug-likeness (QED) is 0.161. The largest absolute Gasteiger partial charge is 0.685 e. The third-order valence-corrected chi connectivity index (χ3v) is 7.62. The van der Waals surface area contributed by atoms with Crippen LogP contribution in [-0.2, 0) is 30.3 Å². The number of carbonyl (C=O) groups is 1. The summed E-state index contributed by atoms with van der Waals surface area (Å²) in [6.07, 6.45) is 11.8. The van der Waals surface area contributed by atoms with Gasteiger partial charge < -0.3 is 10.3 Å². The summed E-state index contributed by atoms with van der Waals surface area (Å²) in [5.41, 5.74) is 7.66. The second-order valence-corrected chi connectivity index (χ2v) is 11.0. The molecule has 1 saturated carbocycles. The molecule has 4 aromatic rings. The molecule has 0 N–H and O–H groups in total. The van der Waals surface area contributed by atoms with Crippen molar-refractivity contribution >= 4 is 27.5 Å². The minimum atomic E-state index is -0.126. The Morgan fingerprint density at radius 2 is 1.84 bits per heavy atom. The molecule has 2 heterocycles. The van der Waals surface area contributed by atoms with Crippen LogP contribution in [0.5, 0.6) is 0 Å². The zero-order valence-corrected chi connectivity index (χ0v) is 25.3. The van der Waals surface area contributed by atoms with E-state index in [4.69, 9.17) is 4.98 Å². The molecule has 0 unspecified atom stereocenters. The van der Waals surface area contributed by atoms with E-state index in [1.807, 2.05) is 25.4 Å². The van der Waals surface area contributed by atoms with Gasteiger partial charge in [0.05, 0.1) is 5.52 Å². The fraction of sp³-hybridized carbons (Fsp3) is 0.364. The van der Waals surface area contributed by atoms with Crippen molar-refractivity contribution < 1.29 is 24.9 Å². The van der Waals surface area contributed by atoms with Crippen molar-refractivity contribution in [2.75, 3.05) is 0 Å². The van der Waals surface area contributed by atoms with Gasteiger partial charge >= 0.3 is 0 Å². The van der Waals surface area contributed by atoms with Crippen molar-refractivity contribution in [2.24, 2.45) is 0 Å². The smallest absolute Gasteiger partial charge is 0.151 e. The number of hydrogen-bond acceptors (Lipinski definition) is 3. The van der Waals surface area contributed by atoms with E-state index in [-0.39, 0.29) is 31.3 Å². The Bertz CT molecular complexity index is 1510. The average molecular weight is 682 g/mol. The van der Waals surface area contributed by atoms with E-state index < -0.39 is 0 Å². The molecule has 2 aromatic carbocycles. The van der Waals surface area contributed by atoms with Crippen molar-refractivity contribution in [3.8, 4) is 11.3 Å². The molecule has 0 saturated heterocycles. The number of rotatable bonds is 3. The molecule has 0 aliphatic heterocycles. The number of hydrogen-bond donors (Lipinski definition) is 0.